The Morgan fingerprint density at radius 1 is 1.47 bits per heavy atom. The lowest BCUT2D eigenvalue weighted by molar-refractivity contribution is -0.384. The van der Waals surface area contributed by atoms with Crippen LogP contribution >= 0.6 is 0 Å². The van der Waals surface area contributed by atoms with Crippen molar-refractivity contribution in [2.45, 2.75) is 31.2 Å². The van der Waals surface area contributed by atoms with E-state index in [1.165, 1.54) is 7.11 Å². The predicted molar refractivity (Wildman–Crippen MR) is 73.5 cm³/mol. The van der Waals surface area contributed by atoms with Gasteiger partial charge in [0, 0.05) is 12.1 Å². The number of benzene rings is 1. The van der Waals surface area contributed by atoms with E-state index in [0.29, 0.717) is 12.2 Å². The summed E-state index contributed by atoms with van der Waals surface area (Å²) in [7, 11) is 1.43. The predicted octanol–water partition coefficient (Wildman–Crippen LogP) is 2.29. The van der Waals surface area contributed by atoms with Gasteiger partial charge in [-0.3, -0.25) is 10.1 Å². The fourth-order valence-electron chi connectivity index (χ4n) is 2.69. The van der Waals surface area contributed by atoms with E-state index in [4.69, 9.17) is 10.5 Å². The van der Waals surface area contributed by atoms with E-state index in [1.807, 2.05) is 0 Å². The van der Waals surface area contributed by atoms with Gasteiger partial charge in [-0.1, -0.05) is 18.9 Å². The molecule has 1 aromatic carbocycles. The molecular weight excluding hydrogens is 246 g/mol. The fraction of sp³-hybridized carbons (Fsp3) is 0.538. The van der Waals surface area contributed by atoms with Gasteiger partial charge in [-0.05, 0) is 25.0 Å². The smallest absolute Gasteiger partial charge is 0.333 e. The molecule has 0 atom stereocenters. The summed E-state index contributed by atoms with van der Waals surface area (Å²) >= 11 is 0. The van der Waals surface area contributed by atoms with E-state index in [-0.39, 0.29) is 17.0 Å². The minimum Gasteiger partial charge on any atom is -0.490 e. The molecular formula is C13H19N3O3. The average molecular weight is 265 g/mol. The van der Waals surface area contributed by atoms with Crippen LogP contribution in [-0.2, 0) is 0 Å². The van der Waals surface area contributed by atoms with E-state index >= 15 is 0 Å². The molecule has 1 aliphatic carbocycles. The molecule has 0 bridgehead atoms. The zero-order valence-corrected chi connectivity index (χ0v) is 11.0. The average Bonchev–Trinajstić information content (AvgIpc) is 2.87. The van der Waals surface area contributed by atoms with Crippen molar-refractivity contribution in [3.8, 4) is 5.75 Å². The standard InChI is InChI=1S/C13H19N3O3/c1-19-11-6-4-5-10(12(11)16(17)18)15-13(9-14)7-2-3-8-13/h4-6,15H,2-3,7-9,14H2,1H3. The maximum Gasteiger partial charge on any atom is 0.333 e. The summed E-state index contributed by atoms with van der Waals surface area (Å²) in [4.78, 5) is 10.8. The van der Waals surface area contributed by atoms with Gasteiger partial charge in [0.15, 0.2) is 5.75 Å². The molecule has 1 fully saturated rings. The Kier molecular flexibility index (Phi) is 3.90. The van der Waals surface area contributed by atoms with E-state index in [2.05, 4.69) is 5.32 Å². The molecule has 0 heterocycles. The van der Waals surface area contributed by atoms with Crippen LogP contribution in [0.2, 0.25) is 0 Å². The van der Waals surface area contributed by atoms with Crippen LogP contribution < -0.4 is 15.8 Å². The first kappa shape index (κ1) is 13.6. The molecule has 0 radical (unpaired) electrons. The first-order valence-electron chi connectivity index (χ1n) is 6.41. The molecule has 0 aromatic heterocycles. The largest absolute Gasteiger partial charge is 0.490 e. The number of nitro groups is 1. The van der Waals surface area contributed by atoms with Crippen LogP contribution in [0.25, 0.3) is 0 Å². The van der Waals surface area contributed by atoms with Crippen molar-refractivity contribution in [3.63, 3.8) is 0 Å². The molecule has 2 rings (SSSR count). The van der Waals surface area contributed by atoms with Gasteiger partial charge in [-0.25, -0.2) is 0 Å². The highest BCUT2D eigenvalue weighted by atomic mass is 16.6. The third-order valence-corrected chi connectivity index (χ3v) is 3.75. The number of hydrogen-bond donors (Lipinski definition) is 2. The highest BCUT2D eigenvalue weighted by Crippen LogP contribution is 2.39. The summed E-state index contributed by atoms with van der Waals surface area (Å²) in [5.74, 6) is 0.264. The van der Waals surface area contributed by atoms with Crippen LogP contribution in [0, 0.1) is 10.1 Å². The molecule has 0 saturated heterocycles. The summed E-state index contributed by atoms with van der Waals surface area (Å²) in [5.41, 5.74) is 6.08. The SMILES string of the molecule is COc1cccc(NC2(CN)CCCC2)c1[N+](=O)[O-]. The lowest BCUT2D eigenvalue weighted by Crippen LogP contribution is -2.42. The quantitative estimate of drug-likeness (QED) is 0.629. The van der Waals surface area contributed by atoms with Gasteiger partial charge in [0.05, 0.1) is 12.0 Å². The summed E-state index contributed by atoms with van der Waals surface area (Å²) < 4.78 is 5.07. The summed E-state index contributed by atoms with van der Waals surface area (Å²) in [6.45, 7) is 0.474. The fourth-order valence-corrected chi connectivity index (χ4v) is 2.69. The minimum atomic E-state index is -0.416. The van der Waals surface area contributed by atoms with Gasteiger partial charge < -0.3 is 15.8 Å². The van der Waals surface area contributed by atoms with Crippen molar-refractivity contribution in [3.05, 3.63) is 28.3 Å². The number of nitrogens with one attached hydrogen (secondary N) is 1. The molecule has 0 aliphatic heterocycles. The third-order valence-electron chi connectivity index (χ3n) is 3.75. The first-order chi connectivity index (χ1) is 9.12. The monoisotopic (exact) mass is 265 g/mol. The Morgan fingerprint density at radius 3 is 2.68 bits per heavy atom. The van der Waals surface area contributed by atoms with E-state index < -0.39 is 4.92 Å². The first-order valence-corrected chi connectivity index (χ1v) is 6.41. The maximum atomic E-state index is 11.2. The van der Waals surface area contributed by atoms with Crippen LogP contribution in [-0.4, -0.2) is 24.1 Å². The Balaban J connectivity index is 2.36. The van der Waals surface area contributed by atoms with Crippen molar-refractivity contribution in [1.29, 1.82) is 0 Å². The molecule has 1 aliphatic rings. The van der Waals surface area contributed by atoms with Crippen LogP contribution in [0.15, 0.2) is 18.2 Å². The van der Waals surface area contributed by atoms with Gasteiger partial charge in [-0.15, -0.1) is 0 Å². The highest BCUT2D eigenvalue weighted by molar-refractivity contribution is 5.69. The number of rotatable bonds is 5. The zero-order valence-electron chi connectivity index (χ0n) is 11.0. The number of nitrogens with two attached hydrogens (primary N) is 1. The number of hydrogen-bond acceptors (Lipinski definition) is 5. The maximum absolute atomic E-state index is 11.2. The number of nitro benzene ring substituents is 1. The number of nitrogens with zero attached hydrogens (tertiary/aromatic N) is 1. The lowest BCUT2D eigenvalue weighted by atomic mass is 9.97. The molecule has 104 valence electrons. The Hall–Kier alpha value is -1.82. The zero-order chi connectivity index (χ0) is 13.9. The lowest BCUT2D eigenvalue weighted by Gasteiger charge is -2.29. The second-order valence-electron chi connectivity index (χ2n) is 4.93. The second kappa shape index (κ2) is 5.44. The summed E-state index contributed by atoms with van der Waals surface area (Å²) in [6, 6.07) is 5.04. The van der Waals surface area contributed by atoms with Crippen LogP contribution in [0.1, 0.15) is 25.7 Å². The number of ether oxygens (including phenoxy) is 1. The summed E-state index contributed by atoms with van der Waals surface area (Å²) in [5, 5.41) is 14.5. The molecule has 0 amide bonds. The molecule has 6 heteroatoms. The van der Waals surface area contributed by atoms with Gasteiger partial charge in [0.2, 0.25) is 0 Å². The van der Waals surface area contributed by atoms with Crippen molar-refractivity contribution < 1.29 is 9.66 Å². The molecule has 1 aromatic rings. The van der Waals surface area contributed by atoms with Crippen LogP contribution in [0.4, 0.5) is 11.4 Å². The molecule has 0 spiro atoms. The Bertz CT molecular complexity index is 470. The normalized spacial score (nSPS) is 17.2. The van der Waals surface area contributed by atoms with Crippen molar-refractivity contribution in [2.24, 2.45) is 5.73 Å². The van der Waals surface area contributed by atoms with Crippen LogP contribution in [0.3, 0.4) is 0 Å². The van der Waals surface area contributed by atoms with E-state index in [1.54, 1.807) is 18.2 Å². The van der Waals surface area contributed by atoms with Crippen molar-refractivity contribution >= 4 is 11.4 Å². The second-order valence-corrected chi connectivity index (χ2v) is 4.93. The number of anilines is 1. The molecule has 19 heavy (non-hydrogen) atoms. The van der Waals surface area contributed by atoms with Gasteiger partial charge >= 0.3 is 5.69 Å². The molecule has 0 unspecified atom stereocenters. The topological polar surface area (TPSA) is 90.4 Å². The van der Waals surface area contributed by atoms with Crippen molar-refractivity contribution in [2.75, 3.05) is 19.0 Å². The number of para-hydroxylation sites is 1. The molecule has 1 saturated carbocycles. The Morgan fingerprint density at radius 2 is 2.16 bits per heavy atom. The van der Waals surface area contributed by atoms with Crippen LogP contribution in [0.5, 0.6) is 5.75 Å². The van der Waals surface area contributed by atoms with Crippen molar-refractivity contribution in [1.82, 2.24) is 0 Å². The van der Waals surface area contributed by atoms with Gasteiger partial charge in [0.1, 0.15) is 5.69 Å². The summed E-state index contributed by atoms with van der Waals surface area (Å²) in [6.07, 6.45) is 4.08. The molecule has 3 N–H and O–H groups in total. The van der Waals surface area contributed by atoms with E-state index in [9.17, 15) is 10.1 Å². The minimum absolute atomic E-state index is 0.0234. The highest BCUT2D eigenvalue weighted by Gasteiger charge is 2.34. The Labute approximate surface area is 112 Å². The van der Waals surface area contributed by atoms with E-state index in [0.717, 1.165) is 25.7 Å². The third kappa shape index (κ3) is 2.63. The molecule has 6 nitrogen and oxygen atoms in total. The van der Waals surface area contributed by atoms with Gasteiger partial charge in [-0.2, -0.15) is 0 Å². The van der Waals surface area contributed by atoms with Gasteiger partial charge in [0.25, 0.3) is 0 Å². The number of methoxy groups -OCH3 is 1.